The summed E-state index contributed by atoms with van der Waals surface area (Å²) in [6, 6.07) is 7.26. The molecule has 0 atom stereocenters. The molecule has 4 rings (SSSR count). The summed E-state index contributed by atoms with van der Waals surface area (Å²) in [6.45, 7) is 0. The molecular weight excluding hydrogens is 447 g/mol. The molecule has 0 aliphatic carbocycles. The van der Waals surface area contributed by atoms with Crippen LogP contribution in [0.5, 0.6) is 5.75 Å². The van der Waals surface area contributed by atoms with Crippen molar-refractivity contribution in [3.8, 4) is 17.1 Å². The summed E-state index contributed by atoms with van der Waals surface area (Å²) in [4.78, 5) is 4.33. The minimum atomic E-state index is -4.72. The van der Waals surface area contributed by atoms with E-state index in [9.17, 15) is 13.2 Å². The van der Waals surface area contributed by atoms with Crippen LogP contribution in [-0.4, -0.2) is 26.7 Å². The molecule has 0 unspecified atom stereocenters. The van der Waals surface area contributed by atoms with Crippen LogP contribution in [0.15, 0.2) is 50.0 Å². The van der Waals surface area contributed by atoms with Crippen LogP contribution < -0.4 is 10.1 Å². The molecule has 29 heavy (non-hydrogen) atoms. The molecule has 0 radical (unpaired) electrons. The first kappa shape index (κ1) is 19.7. The zero-order valence-electron chi connectivity index (χ0n) is 14.2. The Kier molecular flexibility index (Phi) is 5.69. The van der Waals surface area contributed by atoms with Gasteiger partial charge in [0.1, 0.15) is 5.75 Å². The maximum atomic E-state index is 12.2. The Morgan fingerprint density at radius 1 is 1.14 bits per heavy atom. The van der Waals surface area contributed by atoms with Crippen molar-refractivity contribution in [1.82, 2.24) is 20.3 Å². The number of hydrogen-bond acceptors (Lipinski definition) is 10. The third kappa shape index (κ3) is 5.46. The number of benzene rings is 1. The molecule has 0 bridgehead atoms. The fourth-order valence-electron chi connectivity index (χ4n) is 2.13. The highest BCUT2D eigenvalue weighted by Gasteiger charge is 2.30. The van der Waals surface area contributed by atoms with E-state index < -0.39 is 6.36 Å². The Morgan fingerprint density at radius 2 is 1.97 bits per heavy atom. The lowest BCUT2D eigenvalue weighted by Crippen LogP contribution is -2.16. The summed E-state index contributed by atoms with van der Waals surface area (Å²) < 4.78 is 46.3. The number of halogens is 3. The highest BCUT2D eigenvalue weighted by atomic mass is 32.2. The van der Waals surface area contributed by atoms with Gasteiger partial charge < -0.3 is 14.6 Å². The Bertz CT molecular complexity index is 1060. The van der Waals surface area contributed by atoms with Crippen molar-refractivity contribution in [3.63, 3.8) is 0 Å². The molecule has 150 valence electrons. The van der Waals surface area contributed by atoms with Gasteiger partial charge in [0.05, 0.1) is 5.75 Å². The number of nitrogens with one attached hydrogen (secondary N) is 1. The number of thioether (sulfide) groups is 1. The average molecular weight is 457 g/mol. The SMILES string of the molecule is FC(F)(F)Oc1ccc(Nc2nnc(SCc3nc(-c4ccsc4)no3)s2)cc1. The van der Waals surface area contributed by atoms with Crippen LogP contribution in [0.25, 0.3) is 11.4 Å². The van der Waals surface area contributed by atoms with Gasteiger partial charge in [-0.3, -0.25) is 0 Å². The van der Waals surface area contributed by atoms with Crippen LogP contribution in [0.2, 0.25) is 0 Å². The van der Waals surface area contributed by atoms with E-state index in [4.69, 9.17) is 4.52 Å². The predicted molar refractivity (Wildman–Crippen MR) is 103 cm³/mol. The van der Waals surface area contributed by atoms with E-state index >= 15 is 0 Å². The normalized spacial score (nSPS) is 11.6. The van der Waals surface area contributed by atoms with Gasteiger partial charge in [0, 0.05) is 16.6 Å². The second-order valence-corrected chi connectivity index (χ2v) is 8.36. The number of rotatable bonds is 7. The molecule has 0 saturated heterocycles. The maximum Gasteiger partial charge on any atom is 0.573 e. The fourth-order valence-corrected chi connectivity index (χ4v) is 4.37. The van der Waals surface area contributed by atoms with Gasteiger partial charge >= 0.3 is 6.36 Å². The quantitative estimate of drug-likeness (QED) is 0.360. The van der Waals surface area contributed by atoms with Crippen molar-refractivity contribution < 1.29 is 22.4 Å². The van der Waals surface area contributed by atoms with E-state index in [-0.39, 0.29) is 5.75 Å². The van der Waals surface area contributed by atoms with Crippen molar-refractivity contribution in [2.24, 2.45) is 0 Å². The van der Waals surface area contributed by atoms with Crippen LogP contribution in [0.4, 0.5) is 24.0 Å². The zero-order valence-corrected chi connectivity index (χ0v) is 16.7. The molecule has 0 aliphatic rings. The lowest BCUT2D eigenvalue weighted by molar-refractivity contribution is -0.274. The molecule has 7 nitrogen and oxygen atoms in total. The van der Waals surface area contributed by atoms with Crippen LogP contribution >= 0.6 is 34.4 Å². The number of thiophene rings is 1. The Hall–Kier alpha value is -2.64. The summed E-state index contributed by atoms with van der Waals surface area (Å²) in [7, 11) is 0. The van der Waals surface area contributed by atoms with Crippen molar-refractivity contribution in [1.29, 1.82) is 0 Å². The molecule has 0 fully saturated rings. The predicted octanol–water partition coefficient (Wildman–Crippen LogP) is 5.58. The fraction of sp³-hybridized carbons (Fsp3) is 0.125. The number of ether oxygens (including phenoxy) is 1. The van der Waals surface area contributed by atoms with Crippen LogP contribution in [0, 0.1) is 0 Å². The van der Waals surface area contributed by atoms with E-state index in [0.717, 1.165) is 5.56 Å². The Balaban J connectivity index is 1.32. The minimum Gasteiger partial charge on any atom is -0.406 e. The average Bonchev–Trinajstić information content (AvgIpc) is 3.42. The lowest BCUT2D eigenvalue weighted by Gasteiger charge is -2.09. The number of alkyl halides is 3. The topological polar surface area (TPSA) is 86.0 Å². The van der Waals surface area contributed by atoms with Crippen molar-refractivity contribution in [3.05, 3.63) is 47.0 Å². The van der Waals surface area contributed by atoms with Gasteiger partial charge in [-0.25, -0.2) is 0 Å². The first-order valence-electron chi connectivity index (χ1n) is 7.89. The molecule has 3 aromatic heterocycles. The highest BCUT2D eigenvalue weighted by molar-refractivity contribution is 8.00. The molecule has 3 heterocycles. The van der Waals surface area contributed by atoms with E-state index in [1.807, 2.05) is 16.8 Å². The number of nitrogens with zero attached hydrogens (tertiary/aromatic N) is 4. The van der Waals surface area contributed by atoms with Crippen LogP contribution in [0.1, 0.15) is 5.89 Å². The largest absolute Gasteiger partial charge is 0.573 e. The van der Waals surface area contributed by atoms with E-state index in [1.165, 1.54) is 47.4 Å². The van der Waals surface area contributed by atoms with Gasteiger partial charge in [-0.15, -0.1) is 23.4 Å². The Labute approximate surface area is 173 Å². The minimum absolute atomic E-state index is 0.294. The number of hydrogen-bond donors (Lipinski definition) is 1. The first-order chi connectivity index (χ1) is 13.9. The summed E-state index contributed by atoms with van der Waals surface area (Å²) in [5.74, 6) is 1.16. The highest BCUT2D eigenvalue weighted by Crippen LogP contribution is 2.31. The first-order valence-corrected chi connectivity index (χ1v) is 10.6. The standard InChI is InChI=1S/C16H10F3N5O2S3/c17-16(18,19)25-11-3-1-10(2-4-11)20-14-22-23-15(29-14)28-8-12-21-13(24-26-12)9-5-6-27-7-9/h1-7H,8H2,(H,20,22). The molecule has 1 aromatic carbocycles. The molecular formula is C16H10F3N5O2S3. The van der Waals surface area contributed by atoms with Gasteiger partial charge in [0.15, 0.2) is 4.34 Å². The van der Waals surface area contributed by atoms with Crippen LogP contribution in [0.3, 0.4) is 0 Å². The third-order valence-corrected chi connectivity index (χ3v) is 5.95. The van der Waals surface area contributed by atoms with E-state index in [2.05, 4.69) is 30.4 Å². The van der Waals surface area contributed by atoms with Crippen molar-refractivity contribution in [2.45, 2.75) is 16.5 Å². The third-order valence-electron chi connectivity index (χ3n) is 3.31. The van der Waals surface area contributed by atoms with Gasteiger partial charge in [-0.2, -0.15) is 16.3 Å². The Morgan fingerprint density at radius 3 is 2.69 bits per heavy atom. The van der Waals surface area contributed by atoms with Crippen molar-refractivity contribution in [2.75, 3.05) is 5.32 Å². The molecule has 4 aromatic rings. The molecule has 1 N–H and O–H groups in total. The second-order valence-electron chi connectivity index (χ2n) is 5.38. The lowest BCUT2D eigenvalue weighted by atomic mass is 10.3. The van der Waals surface area contributed by atoms with E-state index in [0.29, 0.717) is 32.6 Å². The second kappa shape index (κ2) is 8.39. The van der Waals surface area contributed by atoms with Gasteiger partial charge in [0.25, 0.3) is 0 Å². The van der Waals surface area contributed by atoms with E-state index in [1.54, 1.807) is 11.3 Å². The van der Waals surface area contributed by atoms with Crippen LogP contribution in [-0.2, 0) is 5.75 Å². The zero-order chi connectivity index (χ0) is 20.3. The number of aromatic nitrogens is 4. The summed E-state index contributed by atoms with van der Waals surface area (Å²) in [5.41, 5.74) is 1.47. The molecule has 13 heteroatoms. The summed E-state index contributed by atoms with van der Waals surface area (Å²) in [5, 5.41) is 19.4. The molecule has 0 spiro atoms. The van der Waals surface area contributed by atoms with Gasteiger partial charge in [0.2, 0.25) is 16.8 Å². The molecule has 0 saturated carbocycles. The van der Waals surface area contributed by atoms with Crippen molar-refractivity contribution >= 4 is 45.3 Å². The maximum absolute atomic E-state index is 12.2. The molecule has 0 aliphatic heterocycles. The van der Waals surface area contributed by atoms with Gasteiger partial charge in [-0.05, 0) is 35.7 Å². The number of anilines is 2. The smallest absolute Gasteiger partial charge is 0.406 e. The van der Waals surface area contributed by atoms with Gasteiger partial charge in [-0.1, -0.05) is 28.3 Å². The monoisotopic (exact) mass is 457 g/mol. The summed E-state index contributed by atoms with van der Waals surface area (Å²) >= 11 is 4.24. The summed E-state index contributed by atoms with van der Waals surface area (Å²) in [6.07, 6.45) is -4.72. The molecule has 0 amide bonds.